The van der Waals surface area contributed by atoms with Gasteiger partial charge in [0.1, 0.15) is 5.75 Å². The molecule has 0 aliphatic carbocycles. The van der Waals surface area contributed by atoms with Gasteiger partial charge in [0.2, 0.25) is 0 Å². The molecule has 0 aromatic heterocycles. The standard InChI is InChI=1S/C18H21N3O3/c1-12-17(20)13-6-5-7-14(10-13)24-9-4-2-3-8-15(16(22)11-19)21-18(12)23/h5-7,10,15-16,20,22H,1-4,8-9H2,(H,21,23). The lowest BCUT2D eigenvalue weighted by atomic mass is 10.00. The van der Waals surface area contributed by atoms with E-state index in [-0.39, 0.29) is 11.3 Å². The van der Waals surface area contributed by atoms with Crippen LogP contribution in [0.1, 0.15) is 31.2 Å². The minimum absolute atomic E-state index is 0.0137. The highest BCUT2D eigenvalue weighted by Gasteiger charge is 2.23. The van der Waals surface area contributed by atoms with Gasteiger partial charge in [0.05, 0.1) is 30.0 Å². The van der Waals surface area contributed by atoms with Gasteiger partial charge in [-0.2, -0.15) is 5.26 Å². The maximum Gasteiger partial charge on any atom is 0.253 e. The molecular weight excluding hydrogens is 306 g/mol. The second-order valence-corrected chi connectivity index (χ2v) is 5.73. The third kappa shape index (κ3) is 4.43. The average molecular weight is 327 g/mol. The summed E-state index contributed by atoms with van der Waals surface area (Å²) in [5.41, 5.74) is 0.502. The third-order valence-corrected chi connectivity index (χ3v) is 3.96. The number of carbonyl (C=O) groups is 1. The first-order chi connectivity index (χ1) is 11.5. The Morgan fingerprint density at radius 1 is 1.42 bits per heavy atom. The number of benzene rings is 1. The molecule has 0 saturated heterocycles. The van der Waals surface area contributed by atoms with E-state index in [0.29, 0.717) is 24.3 Å². The van der Waals surface area contributed by atoms with Crippen molar-refractivity contribution < 1.29 is 14.6 Å². The summed E-state index contributed by atoms with van der Waals surface area (Å²) in [5, 5.41) is 29.5. The Morgan fingerprint density at radius 3 is 2.96 bits per heavy atom. The monoisotopic (exact) mass is 327 g/mol. The zero-order valence-electron chi connectivity index (χ0n) is 13.4. The van der Waals surface area contributed by atoms with E-state index in [4.69, 9.17) is 15.4 Å². The summed E-state index contributed by atoms with van der Waals surface area (Å²) in [5.74, 6) is 0.1000. The number of rotatable bonds is 1. The minimum atomic E-state index is -1.29. The van der Waals surface area contributed by atoms with Crippen molar-refractivity contribution in [2.75, 3.05) is 6.61 Å². The molecule has 2 atom stereocenters. The van der Waals surface area contributed by atoms with Gasteiger partial charge >= 0.3 is 0 Å². The van der Waals surface area contributed by atoms with Crippen LogP contribution in [0.3, 0.4) is 0 Å². The molecule has 0 radical (unpaired) electrons. The Bertz CT molecular complexity index is 678. The van der Waals surface area contributed by atoms with E-state index < -0.39 is 18.1 Å². The molecule has 0 fully saturated rings. The first-order valence-electron chi connectivity index (χ1n) is 7.92. The van der Waals surface area contributed by atoms with Crippen LogP contribution in [0.15, 0.2) is 36.4 Å². The van der Waals surface area contributed by atoms with E-state index in [0.717, 1.165) is 19.3 Å². The summed E-state index contributed by atoms with van der Waals surface area (Å²) in [7, 11) is 0. The number of nitrogens with zero attached hydrogens (tertiary/aromatic N) is 1. The van der Waals surface area contributed by atoms with Crippen LogP contribution in [0.5, 0.6) is 5.75 Å². The largest absolute Gasteiger partial charge is 0.494 e. The van der Waals surface area contributed by atoms with Gasteiger partial charge in [-0.05, 0) is 31.4 Å². The highest BCUT2D eigenvalue weighted by atomic mass is 16.5. The Hall–Kier alpha value is -2.65. The first kappa shape index (κ1) is 17.7. The molecule has 6 nitrogen and oxygen atoms in total. The predicted octanol–water partition coefficient (Wildman–Crippen LogP) is 1.93. The van der Waals surface area contributed by atoms with Crippen molar-refractivity contribution >= 4 is 11.6 Å². The number of hydrogen-bond donors (Lipinski definition) is 3. The molecule has 1 aromatic rings. The molecule has 126 valence electrons. The zero-order valence-corrected chi connectivity index (χ0v) is 13.4. The lowest BCUT2D eigenvalue weighted by Crippen LogP contribution is -2.44. The molecule has 2 rings (SSSR count). The van der Waals surface area contributed by atoms with Crippen molar-refractivity contribution in [1.82, 2.24) is 5.32 Å². The fourth-order valence-corrected chi connectivity index (χ4v) is 2.52. The van der Waals surface area contributed by atoms with Crippen LogP contribution >= 0.6 is 0 Å². The lowest BCUT2D eigenvalue weighted by Gasteiger charge is -2.21. The number of aliphatic hydroxyl groups excluding tert-OH is 1. The normalized spacial score (nSPS) is 21.0. The maximum atomic E-state index is 12.3. The summed E-state index contributed by atoms with van der Waals surface area (Å²) < 4.78 is 5.67. The van der Waals surface area contributed by atoms with Crippen LogP contribution in [-0.2, 0) is 4.79 Å². The van der Waals surface area contributed by atoms with Crippen LogP contribution in [0, 0.1) is 16.7 Å². The van der Waals surface area contributed by atoms with Gasteiger partial charge in [-0.1, -0.05) is 25.1 Å². The Kier molecular flexibility index (Phi) is 6.10. The molecule has 2 unspecified atom stereocenters. The van der Waals surface area contributed by atoms with Gasteiger partial charge in [-0.3, -0.25) is 10.2 Å². The molecule has 24 heavy (non-hydrogen) atoms. The SMILES string of the molecule is C=C1C(=N)c2cccc(c2)OCCCCCC(C(O)C#N)NC1=O. The zero-order chi connectivity index (χ0) is 17.5. The number of hydrogen-bond acceptors (Lipinski definition) is 5. The quantitative estimate of drug-likeness (QED) is 0.541. The van der Waals surface area contributed by atoms with Crippen molar-refractivity contribution in [3.05, 3.63) is 42.0 Å². The van der Waals surface area contributed by atoms with Gasteiger partial charge in [0, 0.05) is 5.56 Å². The molecule has 1 heterocycles. The Morgan fingerprint density at radius 2 is 2.21 bits per heavy atom. The average Bonchev–Trinajstić information content (AvgIpc) is 2.60. The molecule has 3 N–H and O–H groups in total. The predicted molar refractivity (Wildman–Crippen MR) is 89.9 cm³/mol. The van der Waals surface area contributed by atoms with Gasteiger partial charge in [-0.15, -0.1) is 0 Å². The Labute approximate surface area is 141 Å². The molecule has 6 heteroatoms. The van der Waals surface area contributed by atoms with Crippen molar-refractivity contribution in [3.8, 4) is 11.8 Å². The number of ether oxygens (including phenoxy) is 1. The van der Waals surface area contributed by atoms with Crippen molar-refractivity contribution in [2.24, 2.45) is 0 Å². The van der Waals surface area contributed by atoms with E-state index in [1.807, 2.05) is 6.07 Å². The summed E-state index contributed by atoms with van der Waals surface area (Å²) >= 11 is 0. The van der Waals surface area contributed by atoms with E-state index >= 15 is 0 Å². The molecule has 2 bridgehead atoms. The van der Waals surface area contributed by atoms with Gasteiger partial charge in [0.25, 0.3) is 5.91 Å². The second kappa shape index (κ2) is 8.27. The molecule has 1 aliphatic rings. The highest BCUT2D eigenvalue weighted by molar-refractivity contribution is 6.26. The van der Waals surface area contributed by atoms with Crippen molar-refractivity contribution in [3.63, 3.8) is 0 Å². The highest BCUT2D eigenvalue weighted by Crippen LogP contribution is 2.18. The number of carbonyl (C=O) groups excluding carboxylic acids is 1. The molecule has 1 aliphatic heterocycles. The molecule has 0 spiro atoms. The third-order valence-electron chi connectivity index (χ3n) is 3.96. The summed E-state index contributed by atoms with van der Waals surface area (Å²) in [6.07, 6.45) is 1.63. The van der Waals surface area contributed by atoms with Gasteiger partial charge in [-0.25, -0.2) is 0 Å². The molecule has 0 saturated carbocycles. The van der Waals surface area contributed by atoms with E-state index in [9.17, 15) is 9.90 Å². The van der Waals surface area contributed by atoms with Crippen LogP contribution < -0.4 is 10.1 Å². The topological polar surface area (TPSA) is 106 Å². The second-order valence-electron chi connectivity index (χ2n) is 5.73. The maximum absolute atomic E-state index is 12.3. The Balaban J connectivity index is 2.25. The summed E-state index contributed by atoms with van der Waals surface area (Å²) in [4.78, 5) is 12.3. The van der Waals surface area contributed by atoms with E-state index in [1.165, 1.54) is 0 Å². The number of aliphatic hydroxyl groups is 1. The van der Waals surface area contributed by atoms with Gasteiger partial charge in [0.15, 0.2) is 6.10 Å². The number of nitriles is 1. The minimum Gasteiger partial charge on any atom is -0.494 e. The smallest absolute Gasteiger partial charge is 0.253 e. The molecule has 1 amide bonds. The number of amides is 1. The van der Waals surface area contributed by atoms with E-state index in [1.54, 1.807) is 24.3 Å². The number of nitrogens with one attached hydrogen (secondary N) is 2. The van der Waals surface area contributed by atoms with Crippen LogP contribution in [0.4, 0.5) is 0 Å². The van der Waals surface area contributed by atoms with Crippen molar-refractivity contribution in [1.29, 1.82) is 10.7 Å². The van der Waals surface area contributed by atoms with Crippen LogP contribution in [0.2, 0.25) is 0 Å². The number of fused-ring (bicyclic) bond motifs is 2. The molecule has 1 aromatic carbocycles. The van der Waals surface area contributed by atoms with E-state index in [2.05, 4.69) is 11.9 Å². The van der Waals surface area contributed by atoms with Crippen LogP contribution in [0.25, 0.3) is 0 Å². The fourth-order valence-electron chi connectivity index (χ4n) is 2.52. The summed E-state index contributed by atoms with van der Waals surface area (Å²) in [6, 6.07) is 8.06. The van der Waals surface area contributed by atoms with Crippen molar-refractivity contribution in [2.45, 2.75) is 37.8 Å². The first-order valence-corrected chi connectivity index (χ1v) is 7.92. The van der Waals surface area contributed by atoms with Crippen LogP contribution in [-0.4, -0.2) is 35.5 Å². The summed E-state index contributed by atoms with van der Waals surface area (Å²) in [6.45, 7) is 4.23. The molecular formula is C18H21N3O3. The fraction of sp³-hybridized carbons (Fsp3) is 0.389. The van der Waals surface area contributed by atoms with Gasteiger partial charge < -0.3 is 15.2 Å². The lowest BCUT2D eigenvalue weighted by molar-refractivity contribution is -0.118.